The average Bonchev–Trinajstić information content (AvgIpc) is 1.87. The Hall–Kier alpha value is -0.310. The molecule has 0 aromatic rings. The lowest BCUT2D eigenvalue weighted by molar-refractivity contribution is 0.368. The fourth-order valence-electron chi connectivity index (χ4n) is 0.413. The van der Waals surface area contributed by atoms with Crippen molar-refractivity contribution in [3.63, 3.8) is 0 Å². The molecule has 0 radical (unpaired) electrons. The highest BCUT2D eigenvalue weighted by molar-refractivity contribution is 9.11. The van der Waals surface area contributed by atoms with Crippen LogP contribution in [-0.2, 0) is 0 Å². The van der Waals surface area contributed by atoms with Crippen LogP contribution < -0.4 is 0 Å². The maximum absolute atomic E-state index is 3.64. The van der Waals surface area contributed by atoms with Crippen molar-refractivity contribution in [2.45, 2.75) is 19.9 Å². The highest BCUT2D eigenvalue weighted by Gasteiger charge is 2.02. The van der Waals surface area contributed by atoms with E-state index < -0.39 is 0 Å². The highest BCUT2D eigenvalue weighted by Crippen LogP contribution is 2.12. The van der Waals surface area contributed by atoms with E-state index in [1.165, 1.54) is 0 Å². The summed E-state index contributed by atoms with van der Waals surface area (Å²) >= 11 is 3.36. The van der Waals surface area contributed by atoms with Gasteiger partial charge in [-0.25, -0.2) is 0 Å². The zero-order chi connectivity index (χ0) is 8.15. The topological polar surface area (TPSA) is 15.6 Å². The van der Waals surface area contributed by atoms with Crippen LogP contribution in [0.5, 0.6) is 0 Å². The first-order valence-electron chi connectivity index (χ1n) is 3.14. The summed E-state index contributed by atoms with van der Waals surface area (Å²) in [4.78, 5) is 5.70. The molecule has 0 rings (SSSR count). The number of hydrogen-bond donors (Lipinski definition) is 0. The lowest BCUT2D eigenvalue weighted by atomic mass is 10.4. The van der Waals surface area contributed by atoms with Gasteiger partial charge in [-0.1, -0.05) is 0 Å². The van der Waals surface area contributed by atoms with Crippen LogP contribution in [0.4, 0.5) is 0 Å². The molecular weight excluding hydrogens is 192 g/mol. The Morgan fingerprint density at radius 1 is 1.70 bits per heavy atom. The highest BCUT2D eigenvalue weighted by atomic mass is 79.9. The molecule has 58 valence electrons. The van der Waals surface area contributed by atoms with Crippen molar-refractivity contribution in [1.82, 2.24) is 4.90 Å². The minimum absolute atomic E-state index is 0.479. The van der Waals surface area contributed by atoms with Crippen LogP contribution in [0.25, 0.3) is 0 Å². The van der Waals surface area contributed by atoms with E-state index in [9.17, 15) is 0 Å². The van der Waals surface area contributed by atoms with E-state index in [1.807, 2.05) is 7.05 Å². The fourth-order valence-corrected chi connectivity index (χ4v) is 0.967. The molecule has 0 saturated heterocycles. The Morgan fingerprint density at radius 3 is 2.50 bits per heavy atom. The van der Waals surface area contributed by atoms with Gasteiger partial charge in [-0.2, -0.15) is 0 Å². The molecule has 0 bridgehead atoms. The first-order chi connectivity index (χ1) is 4.59. The van der Waals surface area contributed by atoms with Gasteiger partial charge < -0.3 is 4.90 Å². The first kappa shape index (κ1) is 9.69. The molecule has 0 aromatic carbocycles. The maximum Gasteiger partial charge on any atom is 0.0990 e. The van der Waals surface area contributed by atoms with Gasteiger partial charge in [-0.15, -0.1) is 0 Å². The van der Waals surface area contributed by atoms with Gasteiger partial charge in [0.15, 0.2) is 0 Å². The predicted octanol–water partition coefficient (Wildman–Crippen LogP) is 2.22. The number of nitrogens with zero attached hydrogens (tertiary/aromatic N) is 2. The molecule has 0 fully saturated rings. The lowest BCUT2D eigenvalue weighted by Gasteiger charge is -2.21. The van der Waals surface area contributed by atoms with Crippen LogP contribution in [0.15, 0.2) is 15.8 Å². The predicted molar refractivity (Wildman–Crippen MR) is 49.5 cm³/mol. The standard InChI is InChI=1S/C7H13BrN2/c1-6(2)10(4)7(8)5-9-3/h5-6H,3H2,1-2,4H3/b7-5-. The number of aliphatic imine (C=N–C) groups is 1. The van der Waals surface area contributed by atoms with Gasteiger partial charge in [0.25, 0.3) is 0 Å². The summed E-state index contributed by atoms with van der Waals surface area (Å²) in [5.41, 5.74) is 0. The van der Waals surface area contributed by atoms with Gasteiger partial charge in [-0.05, 0) is 36.5 Å². The van der Waals surface area contributed by atoms with Crippen molar-refractivity contribution in [1.29, 1.82) is 0 Å². The van der Waals surface area contributed by atoms with Gasteiger partial charge in [0.1, 0.15) is 0 Å². The number of halogens is 1. The summed E-state index contributed by atoms with van der Waals surface area (Å²) in [6.07, 6.45) is 1.68. The molecule has 0 spiro atoms. The van der Waals surface area contributed by atoms with Crippen molar-refractivity contribution in [2.75, 3.05) is 7.05 Å². The zero-order valence-corrected chi connectivity index (χ0v) is 8.22. The Labute approximate surface area is 70.8 Å². The summed E-state index contributed by atoms with van der Waals surface area (Å²) in [6.45, 7) is 7.58. The second-order valence-corrected chi connectivity index (χ2v) is 3.15. The summed E-state index contributed by atoms with van der Waals surface area (Å²) in [6, 6.07) is 0.479. The van der Waals surface area contributed by atoms with E-state index in [1.54, 1.807) is 6.20 Å². The van der Waals surface area contributed by atoms with Crippen molar-refractivity contribution < 1.29 is 0 Å². The van der Waals surface area contributed by atoms with E-state index in [2.05, 4.69) is 46.4 Å². The van der Waals surface area contributed by atoms with Crippen LogP contribution in [0.2, 0.25) is 0 Å². The third-order valence-corrected chi connectivity index (χ3v) is 2.07. The molecular formula is C7H13BrN2. The van der Waals surface area contributed by atoms with Crippen LogP contribution in [0, 0.1) is 0 Å². The van der Waals surface area contributed by atoms with Crippen molar-refractivity contribution in [3.05, 3.63) is 10.8 Å². The first-order valence-corrected chi connectivity index (χ1v) is 3.93. The average molecular weight is 205 g/mol. The quantitative estimate of drug-likeness (QED) is 0.509. The monoisotopic (exact) mass is 204 g/mol. The molecule has 0 aliphatic carbocycles. The smallest absolute Gasteiger partial charge is 0.0990 e. The normalized spacial score (nSPS) is 11.9. The van der Waals surface area contributed by atoms with Crippen LogP contribution in [-0.4, -0.2) is 24.7 Å². The SMILES string of the molecule is C=N/C=C(/Br)N(C)C(C)C. The maximum atomic E-state index is 3.64. The van der Waals surface area contributed by atoms with Crippen LogP contribution in [0.1, 0.15) is 13.8 Å². The second-order valence-electron chi connectivity index (χ2n) is 2.34. The summed E-state index contributed by atoms with van der Waals surface area (Å²) < 4.78 is 0.956. The van der Waals surface area contributed by atoms with Gasteiger partial charge in [0, 0.05) is 13.1 Å². The molecule has 0 amide bonds. The Morgan fingerprint density at radius 2 is 2.20 bits per heavy atom. The minimum Gasteiger partial charge on any atom is -0.365 e. The van der Waals surface area contributed by atoms with E-state index in [4.69, 9.17) is 0 Å². The summed E-state index contributed by atoms with van der Waals surface area (Å²) in [5.74, 6) is 0. The largest absolute Gasteiger partial charge is 0.365 e. The molecule has 10 heavy (non-hydrogen) atoms. The van der Waals surface area contributed by atoms with Gasteiger partial charge >= 0.3 is 0 Å². The van der Waals surface area contributed by atoms with Gasteiger partial charge in [0.2, 0.25) is 0 Å². The van der Waals surface area contributed by atoms with Gasteiger partial charge in [-0.3, -0.25) is 4.99 Å². The fraction of sp³-hybridized carbons (Fsp3) is 0.571. The molecule has 0 aromatic heterocycles. The van der Waals surface area contributed by atoms with Gasteiger partial charge in [0.05, 0.1) is 10.8 Å². The third-order valence-electron chi connectivity index (χ3n) is 1.31. The molecule has 0 heterocycles. The molecule has 0 N–H and O–H groups in total. The Balaban J connectivity index is 4.06. The Kier molecular flexibility index (Phi) is 4.36. The molecule has 0 aliphatic rings. The van der Waals surface area contributed by atoms with E-state index in [0.717, 1.165) is 4.61 Å². The minimum atomic E-state index is 0.479. The summed E-state index contributed by atoms with van der Waals surface area (Å²) in [7, 11) is 2.00. The van der Waals surface area contributed by atoms with Crippen molar-refractivity contribution in [2.24, 2.45) is 4.99 Å². The Bertz CT molecular complexity index is 141. The van der Waals surface area contributed by atoms with Crippen LogP contribution >= 0.6 is 15.9 Å². The summed E-state index contributed by atoms with van der Waals surface area (Å²) in [5, 5.41) is 0. The van der Waals surface area contributed by atoms with Crippen LogP contribution in [0.3, 0.4) is 0 Å². The van der Waals surface area contributed by atoms with E-state index in [-0.39, 0.29) is 0 Å². The van der Waals surface area contributed by atoms with Crippen molar-refractivity contribution >= 4 is 22.6 Å². The third kappa shape index (κ3) is 3.01. The second kappa shape index (κ2) is 4.50. The molecule has 0 unspecified atom stereocenters. The molecule has 0 atom stereocenters. The molecule has 0 aliphatic heterocycles. The molecule has 3 heteroatoms. The zero-order valence-electron chi connectivity index (χ0n) is 6.63. The van der Waals surface area contributed by atoms with E-state index >= 15 is 0 Å². The molecule has 2 nitrogen and oxygen atoms in total. The van der Waals surface area contributed by atoms with Crippen molar-refractivity contribution in [3.8, 4) is 0 Å². The number of rotatable bonds is 3. The van der Waals surface area contributed by atoms with E-state index in [0.29, 0.717) is 6.04 Å². The number of hydrogen-bond acceptors (Lipinski definition) is 2. The molecule has 0 saturated carbocycles. The lowest BCUT2D eigenvalue weighted by Crippen LogP contribution is -2.22.